The first-order chi connectivity index (χ1) is 7.24. The Morgan fingerprint density at radius 2 is 2.13 bits per heavy atom. The van der Waals surface area contributed by atoms with Gasteiger partial charge in [-0.15, -0.1) is 11.8 Å². The molecule has 0 radical (unpaired) electrons. The van der Waals surface area contributed by atoms with Crippen LogP contribution in [0.3, 0.4) is 0 Å². The first-order valence-corrected chi connectivity index (χ1v) is 6.30. The van der Waals surface area contributed by atoms with Crippen LogP contribution in [0, 0.1) is 0 Å². The number of esters is 1. The highest BCUT2D eigenvalue weighted by molar-refractivity contribution is 7.98. The van der Waals surface area contributed by atoms with Crippen molar-refractivity contribution in [3.63, 3.8) is 0 Å². The number of carbonyl (C=O) groups is 1. The summed E-state index contributed by atoms with van der Waals surface area (Å²) >= 11 is 1.66. The molecule has 1 aromatic rings. The molecule has 0 bridgehead atoms. The second kappa shape index (κ2) is 5.81. The Kier molecular flexibility index (Phi) is 4.69. The summed E-state index contributed by atoms with van der Waals surface area (Å²) in [5.41, 5.74) is 1.79. The Bertz CT molecular complexity index is 347. The predicted octanol–water partition coefficient (Wildman–Crippen LogP) is 3.15. The quantitative estimate of drug-likeness (QED) is 0.580. The average molecular weight is 224 g/mol. The van der Waals surface area contributed by atoms with E-state index in [2.05, 4.69) is 6.92 Å². The fourth-order valence-electron chi connectivity index (χ4n) is 1.52. The molecule has 0 aliphatic rings. The number of benzene rings is 1. The molecule has 0 spiro atoms. The first kappa shape index (κ1) is 12.1. The van der Waals surface area contributed by atoms with E-state index in [9.17, 15) is 4.79 Å². The second-order valence-corrected chi connectivity index (χ2v) is 3.91. The Balaban J connectivity index is 3.11. The molecular formula is C12H16O2S. The van der Waals surface area contributed by atoms with Crippen molar-refractivity contribution in [2.24, 2.45) is 0 Å². The van der Waals surface area contributed by atoms with Gasteiger partial charge in [0.15, 0.2) is 0 Å². The van der Waals surface area contributed by atoms with Crippen molar-refractivity contribution >= 4 is 17.7 Å². The van der Waals surface area contributed by atoms with Crippen LogP contribution in [-0.4, -0.2) is 18.8 Å². The number of thioether (sulfide) groups is 1. The molecule has 0 fully saturated rings. The largest absolute Gasteiger partial charge is 0.462 e. The zero-order valence-corrected chi connectivity index (χ0v) is 10.2. The summed E-state index contributed by atoms with van der Waals surface area (Å²) in [7, 11) is 0. The lowest BCUT2D eigenvalue weighted by Crippen LogP contribution is -2.08. The molecule has 0 aliphatic heterocycles. The van der Waals surface area contributed by atoms with Crippen LogP contribution in [0.15, 0.2) is 23.1 Å². The maximum Gasteiger partial charge on any atom is 0.338 e. The van der Waals surface area contributed by atoms with E-state index in [0.717, 1.165) is 16.9 Å². The van der Waals surface area contributed by atoms with Crippen LogP contribution < -0.4 is 0 Å². The summed E-state index contributed by atoms with van der Waals surface area (Å²) in [6.07, 6.45) is 2.87. The highest BCUT2D eigenvalue weighted by Gasteiger charge is 2.13. The van der Waals surface area contributed by atoms with E-state index in [1.54, 1.807) is 11.8 Å². The van der Waals surface area contributed by atoms with Gasteiger partial charge >= 0.3 is 5.97 Å². The lowest BCUT2D eigenvalue weighted by Gasteiger charge is -2.10. The van der Waals surface area contributed by atoms with Crippen molar-refractivity contribution in [3.8, 4) is 0 Å². The van der Waals surface area contributed by atoms with Gasteiger partial charge in [-0.1, -0.05) is 13.0 Å². The van der Waals surface area contributed by atoms with E-state index < -0.39 is 0 Å². The molecule has 0 saturated carbocycles. The molecule has 0 heterocycles. The van der Waals surface area contributed by atoms with Crippen LogP contribution in [0.25, 0.3) is 0 Å². The molecule has 1 aromatic carbocycles. The van der Waals surface area contributed by atoms with Crippen LogP contribution in [0.1, 0.15) is 29.8 Å². The normalized spacial score (nSPS) is 10.1. The standard InChI is InChI=1S/C12H16O2S/c1-4-9-10(12(13)14-5-2)7-6-8-11(9)15-3/h6-8H,4-5H2,1-3H3. The topological polar surface area (TPSA) is 26.3 Å². The van der Waals surface area contributed by atoms with Gasteiger partial charge in [-0.2, -0.15) is 0 Å². The molecule has 3 heteroatoms. The third-order valence-corrected chi connectivity index (χ3v) is 3.02. The smallest absolute Gasteiger partial charge is 0.338 e. The van der Waals surface area contributed by atoms with Gasteiger partial charge in [0.25, 0.3) is 0 Å². The van der Waals surface area contributed by atoms with E-state index in [1.807, 2.05) is 31.4 Å². The zero-order chi connectivity index (χ0) is 11.3. The van der Waals surface area contributed by atoms with Crippen LogP contribution in [0.5, 0.6) is 0 Å². The molecular weight excluding hydrogens is 208 g/mol. The number of hydrogen-bond donors (Lipinski definition) is 0. The highest BCUT2D eigenvalue weighted by Crippen LogP contribution is 2.24. The second-order valence-electron chi connectivity index (χ2n) is 3.06. The molecule has 0 atom stereocenters. The maximum absolute atomic E-state index is 11.7. The van der Waals surface area contributed by atoms with Crippen LogP contribution in [0.4, 0.5) is 0 Å². The Morgan fingerprint density at radius 1 is 1.40 bits per heavy atom. The van der Waals surface area contributed by atoms with Crippen molar-refractivity contribution < 1.29 is 9.53 Å². The van der Waals surface area contributed by atoms with Crippen LogP contribution in [-0.2, 0) is 11.2 Å². The molecule has 0 amide bonds. The Labute approximate surface area is 95.0 Å². The summed E-state index contributed by atoms with van der Waals surface area (Å²) in [6.45, 7) is 4.30. The molecule has 0 unspecified atom stereocenters. The highest BCUT2D eigenvalue weighted by atomic mass is 32.2. The number of hydrogen-bond acceptors (Lipinski definition) is 3. The molecule has 15 heavy (non-hydrogen) atoms. The minimum Gasteiger partial charge on any atom is -0.462 e. The van der Waals surface area contributed by atoms with E-state index in [0.29, 0.717) is 12.2 Å². The van der Waals surface area contributed by atoms with Gasteiger partial charge in [-0.25, -0.2) is 4.79 Å². The van der Waals surface area contributed by atoms with Crippen molar-refractivity contribution in [1.29, 1.82) is 0 Å². The van der Waals surface area contributed by atoms with Crippen LogP contribution in [0.2, 0.25) is 0 Å². The molecule has 0 aliphatic carbocycles. The van der Waals surface area contributed by atoms with Crippen LogP contribution >= 0.6 is 11.8 Å². The van der Waals surface area contributed by atoms with Gasteiger partial charge in [0.1, 0.15) is 0 Å². The van der Waals surface area contributed by atoms with Gasteiger partial charge in [0, 0.05) is 4.90 Å². The minimum atomic E-state index is -0.217. The minimum absolute atomic E-state index is 0.217. The average Bonchev–Trinajstić information content (AvgIpc) is 2.28. The third-order valence-electron chi connectivity index (χ3n) is 2.20. The molecule has 0 aromatic heterocycles. The third kappa shape index (κ3) is 2.75. The Hall–Kier alpha value is -0.960. The molecule has 82 valence electrons. The lowest BCUT2D eigenvalue weighted by atomic mass is 10.1. The van der Waals surface area contributed by atoms with E-state index in [4.69, 9.17) is 4.74 Å². The van der Waals surface area contributed by atoms with Gasteiger partial charge in [0.2, 0.25) is 0 Å². The lowest BCUT2D eigenvalue weighted by molar-refractivity contribution is 0.0525. The maximum atomic E-state index is 11.7. The summed E-state index contributed by atoms with van der Waals surface area (Å²) in [5, 5.41) is 0. The summed E-state index contributed by atoms with van der Waals surface area (Å²) < 4.78 is 5.02. The van der Waals surface area contributed by atoms with Gasteiger partial charge in [0.05, 0.1) is 12.2 Å². The molecule has 2 nitrogen and oxygen atoms in total. The predicted molar refractivity (Wildman–Crippen MR) is 63.6 cm³/mol. The summed E-state index contributed by atoms with van der Waals surface area (Å²) in [6, 6.07) is 5.76. The monoisotopic (exact) mass is 224 g/mol. The Morgan fingerprint density at radius 3 is 2.67 bits per heavy atom. The number of rotatable bonds is 4. The van der Waals surface area contributed by atoms with Gasteiger partial charge in [-0.05, 0) is 37.3 Å². The van der Waals surface area contributed by atoms with E-state index >= 15 is 0 Å². The number of carbonyl (C=O) groups excluding carboxylic acids is 1. The SMILES string of the molecule is CCOC(=O)c1cccc(SC)c1CC. The number of ether oxygens (including phenoxy) is 1. The summed E-state index contributed by atoms with van der Waals surface area (Å²) in [4.78, 5) is 12.8. The fourth-order valence-corrected chi connectivity index (χ4v) is 2.24. The molecule has 1 rings (SSSR count). The van der Waals surface area contributed by atoms with Crippen molar-refractivity contribution in [2.45, 2.75) is 25.2 Å². The zero-order valence-electron chi connectivity index (χ0n) is 9.37. The van der Waals surface area contributed by atoms with Crippen molar-refractivity contribution in [3.05, 3.63) is 29.3 Å². The first-order valence-electron chi connectivity index (χ1n) is 5.07. The van der Waals surface area contributed by atoms with Crippen molar-refractivity contribution in [2.75, 3.05) is 12.9 Å². The fraction of sp³-hybridized carbons (Fsp3) is 0.417. The summed E-state index contributed by atoms with van der Waals surface area (Å²) in [5.74, 6) is -0.217. The molecule has 0 N–H and O–H groups in total. The van der Waals surface area contributed by atoms with E-state index in [1.165, 1.54) is 0 Å². The van der Waals surface area contributed by atoms with E-state index in [-0.39, 0.29) is 5.97 Å². The van der Waals surface area contributed by atoms with Gasteiger partial charge in [-0.3, -0.25) is 0 Å². The van der Waals surface area contributed by atoms with Gasteiger partial charge < -0.3 is 4.74 Å². The van der Waals surface area contributed by atoms with Crippen molar-refractivity contribution in [1.82, 2.24) is 0 Å². The molecule has 0 saturated heterocycles.